The number of hydrogen-bond donors (Lipinski definition) is 1. The molecule has 0 radical (unpaired) electrons. The minimum absolute atomic E-state index is 0. The third-order valence-electron chi connectivity index (χ3n) is 12.3. The summed E-state index contributed by atoms with van der Waals surface area (Å²) in [6.07, 6.45) is 11.0. The van der Waals surface area contributed by atoms with Crippen molar-refractivity contribution in [2.45, 2.75) is 108 Å². The van der Waals surface area contributed by atoms with Crippen LogP contribution in [-0.4, -0.2) is 78.8 Å². The number of benzene rings is 3. The first-order valence-corrected chi connectivity index (χ1v) is 25.4. The molecular weight excluding hydrogens is 984 g/mol. The zero-order valence-corrected chi connectivity index (χ0v) is 49.0. The van der Waals surface area contributed by atoms with Crippen LogP contribution in [0.25, 0.3) is 5.57 Å². The van der Waals surface area contributed by atoms with Gasteiger partial charge in [-0.1, -0.05) is 62.2 Å². The van der Waals surface area contributed by atoms with Crippen LogP contribution in [0.3, 0.4) is 0 Å². The summed E-state index contributed by atoms with van der Waals surface area (Å²) in [5.74, 6) is -3.87. The molecule has 69 heavy (non-hydrogen) atoms. The Morgan fingerprint density at radius 1 is 0.870 bits per heavy atom. The number of anilines is 1. The average molecular weight is 1040 g/mol. The van der Waals surface area contributed by atoms with Gasteiger partial charge < -0.3 is 26.0 Å². The second-order valence-corrected chi connectivity index (χ2v) is 20.9. The van der Waals surface area contributed by atoms with Crippen LogP contribution in [0.15, 0.2) is 94.6 Å². The SMILES string of the molecule is O=S(=O)=O.[CH2-]CCCN1C(=CC=C2CCCC(C=CC3=[N+](CCCCS(=O)(=O)[O-])c4ccc(S(=O)(=O)[O-])cc4C3(C)C)=C2c2ccc(CCC(=O)O)c(F)c2F)C(C)(C)c2cc(C)ccc21.[Na+].[Na+].[Na+]. The molecule has 0 bridgehead atoms. The van der Waals surface area contributed by atoms with Crippen molar-refractivity contribution in [1.29, 1.82) is 0 Å². The van der Waals surface area contributed by atoms with E-state index in [1.54, 1.807) is 6.07 Å². The van der Waals surface area contributed by atoms with Crippen LogP contribution in [-0.2, 0) is 52.9 Å². The van der Waals surface area contributed by atoms with Crippen LogP contribution in [0, 0.1) is 25.5 Å². The van der Waals surface area contributed by atoms with Gasteiger partial charge in [-0.15, -0.1) is 12.6 Å². The fraction of sp³-hybridized carbons (Fsp3) is 0.396. The van der Waals surface area contributed by atoms with E-state index in [-0.39, 0.29) is 131 Å². The Balaban J connectivity index is 0.00000224. The van der Waals surface area contributed by atoms with E-state index in [0.717, 1.165) is 41.9 Å². The molecule has 2 heterocycles. The number of aryl methyl sites for hydroxylation is 2. The molecule has 1 aliphatic carbocycles. The van der Waals surface area contributed by atoms with E-state index in [2.05, 4.69) is 56.9 Å². The van der Waals surface area contributed by atoms with Gasteiger partial charge in [0.25, 0.3) is 0 Å². The van der Waals surface area contributed by atoms with E-state index in [0.29, 0.717) is 53.8 Å². The molecule has 3 aromatic carbocycles. The summed E-state index contributed by atoms with van der Waals surface area (Å²) < 4.78 is 130. The summed E-state index contributed by atoms with van der Waals surface area (Å²) in [5.41, 5.74) is 7.06. The van der Waals surface area contributed by atoms with Crippen molar-refractivity contribution < 1.29 is 150 Å². The number of halogens is 2. The van der Waals surface area contributed by atoms with Gasteiger partial charge in [0.2, 0.25) is 5.69 Å². The molecule has 0 amide bonds. The van der Waals surface area contributed by atoms with Crippen LogP contribution < -0.4 is 93.6 Å². The molecule has 1 N–H and O–H groups in total. The van der Waals surface area contributed by atoms with E-state index < -0.39 is 64.5 Å². The molecule has 0 unspecified atom stereocenters. The number of allylic oxidation sites excluding steroid dienone is 8. The molecule has 0 saturated heterocycles. The van der Waals surface area contributed by atoms with Crippen LogP contribution >= 0.6 is 0 Å². The number of carboxylic acids is 1. The van der Waals surface area contributed by atoms with Crippen molar-refractivity contribution >= 4 is 59.5 Å². The summed E-state index contributed by atoms with van der Waals surface area (Å²) in [6, 6.07) is 13.5. The number of rotatable bonds is 16. The van der Waals surface area contributed by atoms with Crippen molar-refractivity contribution in [3.05, 3.63) is 136 Å². The number of carbonyl (C=O) groups is 1. The van der Waals surface area contributed by atoms with Gasteiger partial charge in [0.15, 0.2) is 17.3 Å². The maximum atomic E-state index is 16.5. The van der Waals surface area contributed by atoms with Gasteiger partial charge in [-0.2, -0.15) is 11.0 Å². The van der Waals surface area contributed by atoms with Gasteiger partial charge in [0.05, 0.1) is 20.4 Å². The average Bonchev–Trinajstić information content (AvgIpc) is 3.56. The van der Waals surface area contributed by atoms with E-state index in [1.165, 1.54) is 29.8 Å². The Bertz CT molecular complexity index is 2930. The fourth-order valence-corrected chi connectivity index (χ4v) is 10.1. The second-order valence-electron chi connectivity index (χ2n) is 17.6. The molecule has 0 saturated carbocycles. The first-order chi connectivity index (χ1) is 30.8. The quantitative estimate of drug-likeness (QED) is 0.0623. The van der Waals surface area contributed by atoms with Crippen molar-refractivity contribution in [1.82, 2.24) is 0 Å². The van der Waals surface area contributed by atoms with E-state index >= 15 is 8.78 Å². The van der Waals surface area contributed by atoms with Gasteiger partial charge in [0.1, 0.15) is 16.7 Å². The molecule has 0 aromatic heterocycles. The molecule has 3 aliphatic rings. The fourth-order valence-electron chi connectivity index (χ4n) is 9.08. The zero-order valence-electron chi connectivity index (χ0n) is 40.5. The van der Waals surface area contributed by atoms with Gasteiger partial charge in [-0.3, -0.25) is 4.79 Å². The molecule has 2 aliphatic heterocycles. The van der Waals surface area contributed by atoms with Crippen LogP contribution in [0.5, 0.6) is 0 Å². The van der Waals surface area contributed by atoms with Crippen molar-refractivity contribution in [3.8, 4) is 0 Å². The normalized spacial score (nSPS) is 17.2. The Labute approximate surface area is 472 Å². The first kappa shape index (κ1) is 63.0. The number of nitrogens with zero attached hydrogens (tertiary/aromatic N) is 2. The molecule has 0 spiro atoms. The van der Waals surface area contributed by atoms with Crippen LogP contribution in [0.1, 0.15) is 107 Å². The number of unbranched alkanes of at least 4 members (excludes halogenated alkanes) is 2. The molecule has 3 aromatic rings. The Morgan fingerprint density at radius 2 is 1.54 bits per heavy atom. The summed E-state index contributed by atoms with van der Waals surface area (Å²) >= 11 is 0. The minimum Gasteiger partial charge on any atom is -0.748 e. The van der Waals surface area contributed by atoms with Crippen LogP contribution in [0.4, 0.5) is 20.2 Å². The van der Waals surface area contributed by atoms with E-state index in [9.17, 15) is 35.8 Å². The third kappa shape index (κ3) is 15.4. The molecule has 21 heteroatoms. The zero-order chi connectivity index (χ0) is 48.9. The topological polar surface area (TPSA) is 209 Å². The van der Waals surface area contributed by atoms with Gasteiger partial charge >= 0.3 is 105 Å². The van der Waals surface area contributed by atoms with Gasteiger partial charge in [-0.25, -0.2) is 25.6 Å². The van der Waals surface area contributed by atoms with Crippen molar-refractivity contribution in [2.75, 3.05) is 23.7 Å². The van der Waals surface area contributed by atoms with E-state index in [1.807, 2.05) is 36.7 Å². The van der Waals surface area contributed by atoms with Gasteiger partial charge in [0, 0.05) is 65.2 Å². The summed E-state index contributed by atoms with van der Waals surface area (Å²) in [6.45, 7) is 15.2. The second kappa shape index (κ2) is 26.2. The Kier molecular flexibility index (Phi) is 23.9. The number of aliphatic carboxylic acids is 1. The maximum Gasteiger partial charge on any atom is 1.00 e. The largest absolute Gasteiger partial charge is 1.00 e. The molecule has 0 atom stereocenters. The van der Waals surface area contributed by atoms with Gasteiger partial charge in [-0.05, 0) is 105 Å². The number of fused-ring (bicyclic) bond motifs is 2. The Hall–Kier alpha value is -2.14. The van der Waals surface area contributed by atoms with Crippen molar-refractivity contribution in [2.24, 2.45) is 0 Å². The van der Waals surface area contributed by atoms with E-state index in [4.69, 9.17) is 12.6 Å². The molecule has 356 valence electrons. The minimum atomic E-state index is -4.80. The first-order valence-electron chi connectivity index (χ1n) is 21.4. The summed E-state index contributed by atoms with van der Waals surface area (Å²) in [7, 11) is -12.4. The predicted octanol–water partition coefficient (Wildman–Crippen LogP) is -0.680. The standard InChI is InChI=1S/C48H56F2N2O8S2.3Na.O3S/c1-7-8-26-51-39-21-14-31(2)29-37(39)47(3,4)41(51)23-16-32-12-11-13-33(44(32)36-20-15-34(18-25-43(53)54)45(49)46(36)50)17-24-42-48(5,6)38-30-35(62(58,59)60)19-22-40(38)52(42)27-9-10-28-61(55,56)57;;;;1-4(2)3/h14-17,19-24,29-30H,1,7-13,18,25-28H2,2-6H3,(H,53,54)(H,55,56,57)(H,58,59,60);;;;/q;3*+1;/p-2. The predicted molar refractivity (Wildman–Crippen MR) is 245 cm³/mol. The number of hydrogen-bond acceptors (Lipinski definition) is 11. The summed E-state index contributed by atoms with van der Waals surface area (Å²) in [4.78, 5) is 13.2. The monoisotopic (exact) mass is 1040 g/mol. The van der Waals surface area contributed by atoms with Crippen molar-refractivity contribution in [3.63, 3.8) is 0 Å². The maximum absolute atomic E-state index is 16.5. The molecule has 0 fully saturated rings. The van der Waals surface area contributed by atoms with Crippen LogP contribution in [0.2, 0.25) is 0 Å². The Morgan fingerprint density at radius 3 is 2.14 bits per heavy atom. The third-order valence-corrected chi connectivity index (χ3v) is 13.9. The molecular formula is C48H54F2N2Na3O11S3+. The number of carboxylic acid groups (broad SMARTS) is 1. The summed E-state index contributed by atoms with van der Waals surface area (Å²) in [5, 5.41) is 9.26. The smallest absolute Gasteiger partial charge is 0.748 e. The molecule has 6 rings (SSSR count). The molecule has 13 nitrogen and oxygen atoms in total.